The Kier molecular flexibility index (Phi) is 9.91. The highest BCUT2D eigenvalue weighted by Gasteiger charge is 2.40. The van der Waals surface area contributed by atoms with Crippen LogP contribution in [-0.4, -0.2) is 51.4 Å². The number of aromatic nitrogens is 1. The number of allylic oxidation sites excluding steroid dienone is 6. The maximum absolute atomic E-state index is 12.6. The van der Waals surface area contributed by atoms with Gasteiger partial charge in [-0.15, -0.1) is 0 Å². The number of anilines is 1. The highest BCUT2D eigenvalue weighted by molar-refractivity contribution is 7.89. The fraction of sp³-hybridized carbons (Fsp3) is 0.344. The molecule has 2 N–H and O–H groups in total. The van der Waals surface area contributed by atoms with E-state index in [0.717, 1.165) is 51.4 Å². The van der Waals surface area contributed by atoms with Crippen LogP contribution in [0.3, 0.4) is 0 Å². The minimum atomic E-state index is -4.35. The zero-order valence-electron chi connectivity index (χ0n) is 25.7. The lowest BCUT2D eigenvalue weighted by Gasteiger charge is -2.27. The number of thiazole rings is 1. The number of unbranched alkanes of at least 4 members (excludes halogenated alkanes) is 2. The fourth-order valence-electron chi connectivity index (χ4n) is 5.35. The molecule has 0 amide bonds. The summed E-state index contributed by atoms with van der Waals surface area (Å²) in [7, 11) is -2.90. The van der Waals surface area contributed by atoms with Crippen molar-refractivity contribution in [3.8, 4) is 0 Å². The molecule has 0 saturated heterocycles. The molecule has 0 radical (unpaired) electrons. The van der Waals surface area contributed by atoms with Crippen molar-refractivity contribution in [3.63, 3.8) is 0 Å². The first-order chi connectivity index (χ1) is 20.5. The van der Waals surface area contributed by atoms with Crippen molar-refractivity contribution in [1.29, 1.82) is 0 Å². The summed E-state index contributed by atoms with van der Waals surface area (Å²) in [6, 6.07) is 9.87. The first-order valence-electron chi connectivity index (χ1n) is 14.2. The average Bonchev–Trinajstić information content (AvgIpc) is 3.36. The topological polar surface area (TPSA) is 119 Å². The van der Waals surface area contributed by atoms with Crippen LogP contribution in [0.15, 0.2) is 88.5 Å². The highest BCUT2D eigenvalue weighted by Crippen LogP contribution is 2.48. The molecule has 0 unspecified atom stereocenters. The van der Waals surface area contributed by atoms with E-state index in [9.17, 15) is 26.5 Å². The van der Waals surface area contributed by atoms with Crippen LogP contribution in [0.2, 0.25) is 0 Å². The number of hydrogen-bond acceptors (Lipinski definition) is 7. The molecule has 0 spiro atoms. The summed E-state index contributed by atoms with van der Waals surface area (Å²) in [4.78, 5) is 2.32. The number of sulfonamides is 1. The van der Waals surface area contributed by atoms with Crippen molar-refractivity contribution >= 4 is 53.5 Å². The van der Waals surface area contributed by atoms with Gasteiger partial charge in [0.15, 0.2) is 0 Å². The summed E-state index contributed by atoms with van der Waals surface area (Å²) in [5.41, 5.74) is 3.13. The molecule has 1 aliphatic rings. The van der Waals surface area contributed by atoms with E-state index in [1.54, 1.807) is 24.3 Å². The molecule has 236 valence electrons. The van der Waals surface area contributed by atoms with E-state index in [4.69, 9.17) is 0 Å². The van der Waals surface area contributed by atoms with E-state index in [0.29, 0.717) is 13.0 Å². The second-order valence-electron chi connectivity index (χ2n) is 11.5. The summed E-state index contributed by atoms with van der Waals surface area (Å²) in [6.07, 6.45) is 12.9. The molecule has 1 aliphatic heterocycles. The van der Waals surface area contributed by atoms with Crippen molar-refractivity contribution < 1.29 is 31.1 Å². The molecular weight excluding hydrogens is 619 g/mol. The highest BCUT2D eigenvalue weighted by atomic mass is 32.2. The molecule has 1 aromatic heterocycles. The first kappa shape index (κ1) is 33.6. The summed E-state index contributed by atoms with van der Waals surface area (Å²) < 4.78 is 62.7. The maximum Gasteiger partial charge on any atom is 0.294 e. The molecule has 3 aromatic rings. The van der Waals surface area contributed by atoms with Gasteiger partial charge < -0.3 is 10.0 Å². The van der Waals surface area contributed by atoms with Crippen LogP contribution in [0.5, 0.6) is 0 Å². The Hall–Kier alpha value is -3.29. The van der Waals surface area contributed by atoms with Crippen LogP contribution in [0.1, 0.15) is 50.1 Å². The Morgan fingerprint density at radius 3 is 2.39 bits per heavy atom. The van der Waals surface area contributed by atoms with Gasteiger partial charge in [-0.2, -0.15) is 13.0 Å². The van der Waals surface area contributed by atoms with E-state index in [2.05, 4.69) is 11.5 Å². The standard InChI is InChI=1S/C32H39N3O6S3/c1-23(36)13-9-8-12-20-35-27-18-17-25(44(39,40)41)21-26(27)32(2,3)30(35)14-10-7-11-15-31-34(6)28-19-16-24(22-29(28)42-31)43(37,38)33(4)5/h7,10-11,14-19,21-22H,1,8-9,12-13,20H2,2-6H3,(H-,36,39,40,41)/p+1. The summed E-state index contributed by atoms with van der Waals surface area (Å²) in [5.74, 6) is 0.181. The smallest absolute Gasteiger partial charge is 0.294 e. The van der Waals surface area contributed by atoms with Crippen molar-refractivity contribution in [3.05, 3.63) is 89.3 Å². The van der Waals surface area contributed by atoms with Gasteiger partial charge in [-0.1, -0.05) is 56.4 Å². The van der Waals surface area contributed by atoms with Crippen LogP contribution in [0.25, 0.3) is 16.3 Å². The van der Waals surface area contributed by atoms with Crippen molar-refractivity contribution in [1.82, 2.24) is 4.31 Å². The van der Waals surface area contributed by atoms with Crippen molar-refractivity contribution in [2.75, 3.05) is 25.5 Å². The van der Waals surface area contributed by atoms with E-state index in [1.165, 1.54) is 35.8 Å². The molecule has 2 aromatic carbocycles. The SMILES string of the molecule is C=C(O)CCCCCN1/C(=C/C=C/C=C/c2sc3cc(S(=O)(=O)N(C)C)ccc3[n+]2C)C(C)(C)c2cc(S(=O)(=O)O)ccc21. The van der Waals surface area contributed by atoms with Gasteiger partial charge in [0.2, 0.25) is 15.5 Å². The normalized spacial score (nSPS) is 16.2. The van der Waals surface area contributed by atoms with Gasteiger partial charge in [0, 0.05) is 56.0 Å². The van der Waals surface area contributed by atoms with Crippen LogP contribution in [0.4, 0.5) is 5.69 Å². The molecule has 2 heterocycles. The average molecular weight is 659 g/mol. The molecule has 4 rings (SSSR count). The number of aliphatic hydroxyl groups is 1. The summed E-state index contributed by atoms with van der Waals surface area (Å²) in [6.45, 7) is 8.33. The lowest BCUT2D eigenvalue weighted by molar-refractivity contribution is -0.642. The molecule has 0 bridgehead atoms. The number of hydrogen-bond donors (Lipinski definition) is 2. The van der Waals surface area contributed by atoms with Crippen LogP contribution in [-0.2, 0) is 32.6 Å². The molecule has 0 saturated carbocycles. The third-order valence-corrected chi connectivity index (χ3v) is 11.7. The Labute approximate surface area is 264 Å². The number of fused-ring (bicyclic) bond motifs is 2. The fourth-order valence-corrected chi connectivity index (χ4v) is 7.96. The molecule has 9 nitrogen and oxygen atoms in total. The van der Waals surface area contributed by atoms with Gasteiger partial charge in [-0.25, -0.2) is 12.7 Å². The first-order valence-corrected chi connectivity index (χ1v) is 17.9. The van der Waals surface area contributed by atoms with Gasteiger partial charge >= 0.3 is 0 Å². The van der Waals surface area contributed by atoms with Gasteiger partial charge in [0.1, 0.15) is 11.7 Å². The van der Waals surface area contributed by atoms with E-state index in [1.807, 2.05) is 61.9 Å². The molecule has 12 heteroatoms. The zero-order valence-corrected chi connectivity index (χ0v) is 28.1. The second kappa shape index (κ2) is 13.0. The summed E-state index contributed by atoms with van der Waals surface area (Å²) in [5, 5.41) is 10.4. The van der Waals surface area contributed by atoms with Crippen LogP contribution >= 0.6 is 11.3 Å². The predicted molar refractivity (Wildman–Crippen MR) is 177 cm³/mol. The Balaban J connectivity index is 1.60. The maximum atomic E-state index is 12.6. The van der Waals surface area contributed by atoms with Gasteiger partial charge in [-0.05, 0) is 54.8 Å². The number of aliphatic hydroxyl groups excluding tert-OH is 1. The van der Waals surface area contributed by atoms with E-state index >= 15 is 0 Å². The largest absolute Gasteiger partial charge is 0.513 e. The lowest BCUT2D eigenvalue weighted by atomic mass is 9.83. The number of benzene rings is 2. The predicted octanol–water partition coefficient (Wildman–Crippen LogP) is 6.11. The third-order valence-electron chi connectivity index (χ3n) is 7.84. The van der Waals surface area contributed by atoms with Gasteiger partial charge in [0.25, 0.3) is 15.1 Å². The lowest BCUT2D eigenvalue weighted by Crippen LogP contribution is -2.29. The molecule has 0 aliphatic carbocycles. The van der Waals surface area contributed by atoms with Crippen molar-refractivity contribution in [2.24, 2.45) is 7.05 Å². The quantitative estimate of drug-likeness (QED) is 0.0793. The molecule has 44 heavy (non-hydrogen) atoms. The van der Waals surface area contributed by atoms with E-state index < -0.39 is 25.6 Å². The Bertz CT molecular complexity index is 1880. The number of rotatable bonds is 12. The molecular formula is C32H40N3O6S3+. The third kappa shape index (κ3) is 7.00. The van der Waals surface area contributed by atoms with Crippen LogP contribution in [0, 0.1) is 0 Å². The minimum absolute atomic E-state index is 0.131. The monoisotopic (exact) mass is 658 g/mol. The molecule has 0 atom stereocenters. The number of aryl methyl sites for hydroxylation is 1. The van der Waals surface area contributed by atoms with Gasteiger partial charge in [-0.3, -0.25) is 4.55 Å². The van der Waals surface area contributed by atoms with Crippen LogP contribution < -0.4 is 9.47 Å². The number of nitrogens with zero attached hydrogens (tertiary/aromatic N) is 3. The zero-order chi connectivity index (χ0) is 32.4. The Morgan fingerprint density at radius 1 is 1.02 bits per heavy atom. The van der Waals surface area contributed by atoms with E-state index in [-0.39, 0.29) is 15.6 Å². The summed E-state index contributed by atoms with van der Waals surface area (Å²) >= 11 is 1.50. The van der Waals surface area contributed by atoms with Crippen molar-refractivity contribution in [2.45, 2.75) is 54.7 Å². The Morgan fingerprint density at radius 2 is 1.73 bits per heavy atom. The molecule has 0 fully saturated rings. The second-order valence-corrected chi connectivity index (χ2v) is 16.2. The minimum Gasteiger partial charge on any atom is -0.513 e. The van der Waals surface area contributed by atoms with Gasteiger partial charge in [0.05, 0.1) is 15.6 Å².